The van der Waals surface area contributed by atoms with Crippen LogP contribution in [0, 0.1) is 0 Å². The highest BCUT2D eigenvalue weighted by Crippen LogP contribution is 2.46. The number of carbonyl (C=O) groups excluding carboxylic acids is 1. The van der Waals surface area contributed by atoms with Crippen LogP contribution in [0.3, 0.4) is 0 Å². The number of fused-ring (bicyclic) bond motifs is 1. The molecular weight excluding hydrogens is 470 g/mol. The number of carbonyl (C=O) groups is 1. The van der Waals surface area contributed by atoms with E-state index in [4.69, 9.17) is 9.78 Å². The van der Waals surface area contributed by atoms with Gasteiger partial charge in [-0.1, -0.05) is 90.1 Å². The van der Waals surface area contributed by atoms with Crippen molar-refractivity contribution in [1.82, 2.24) is 5.32 Å². The average molecular weight is 514 g/mol. The summed E-state index contributed by atoms with van der Waals surface area (Å²) in [6.07, 6.45) is 4.23. The zero-order valence-corrected chi connectivity index (χ0v) is 23.9. The number of hydrogen-bond acceptors (Lipinski definition) is 4. The molecule has 0 unspecified atom stereocenters. The third-order valence-electron chi connectivity index (χ3n) is 7.84. The average Bonchev–Trinajstić information content (AvgIpc) is 2.90. The lowest BCUT2D eigenvalue weighted by atomic mass is 9.63. The highest BCUT2D eigenvalue weighted by atomic mass is 17.2. The van der Waals surface area contributed by atoms with Crippen LogP contribution in [0.5, 0.6) is 0 Å². The maximum Gasteiger partial charge on any atom is 0.373 e. The van der Waals surface area contributed by atoms with Crippen LogP contribution in [-0.2, 0) is 20.6 Å². The third-order valence-corrected chi connectivity index (χ3v) is 7.84. The van der Waals surface area contributed by atoms with Gasteiger partial charge in [0.15, 0.2) is 0 Å². The van der Waals surface area contributed by atoms with Crippen molar-refractivity contribution in [3.05, 3.63) is 83.4 Å². The minimum atomic E-state index is -0.467. The molecule has 0 radical (unpaired) electrons. The van der Waals surface area contributed by atoms with Gasteiger partial charge in [0, 0.05) is 6.04 Å². The molecule has 0 aromatic heterocycles. The molecule has 0 atom stereocenters. The molecule has 1 aliphatic rings. The van der Waals surface area contributed by atoms with Crippen LogP contribution in [0.2, 0.25) is 0 Å². The molecule has 0 bridgehead atoms. The van der Waals surface area contributed by atoms with Crippen LogP contribution < -0.4 is 5.32 Å². The number of rotatable bonds is 10. The van der Waals surface area contributed by atoms with Crippen LogP contribution in [0.15, 0.2) is 66.7 Å². The van der Waals surface area contributed by atoms with Gasteiger partial charge in [-0.05, 0) is 94.6 Å². The molecule has 4 nitrogen and oxygen atoms in total. The molecule has 38 heavy (non-hydrogen) atoms. The van der Waals surface area contributed by atoms with Gasteiger partial charge in [-0.3, -0.25) is 4.89 Å². The number of nitrogens with one attached hydrogen (secondary N) is 1. The van der Waals surface area contributed by atoms with Crippen molar-refractivity contribution >= 4 is 5.97 Å². The van der Waals surface area contributed by atoms with Gasteiger partial charge in [-0.25, -0.2) is 4.79 Å². The second-order valence-corrected chi connectivity index (χ2v) is 12.2. The van der Waals surface area contributed by atoms with Gasteiger partial charge in [0.25, 0.3) is 0 Å². The summed E-state index contributed by atoms with van der Waals surface area (Å²) < 4.78 is 0. The molecule has 0 amide bonds. The van der Waals surface area contributed by atoms with Crippen molar-refractivity contribution < 1.29 is 14.6 Å². The van der Waals surface area contributed by atoms with Gasteiger partial charge in [0.05, 0.1) is 12.2 Å². The van der Waals surface area contributed by atoms with Gasteiger partial charge < -0.3 is 5.32 Å². The summed E-state index contributed by atoms with van der Waals surface area (Å²) in [5, 5.41) is 3.36. The van der Waals surface area contributed by atoms with Crippen molar-refractivity contribution in [3.8, 4) is 22.3 Å². The molecule has 1 aliphatic carbocycles. The monoisotopic (exact) mass is 513 g/mol. The van der Waals surface area contributed by atoms with Gasteiger partial charge in [0.1, 0.15) is 0 Å². The van der Waals surface area contributed by atoms with E-state index in [0.717, 1.165) is 30.5 Å². The fourth-order valence-corrected chi connectivity index (χ4v) is 5.27. The Morgan fingerprint density at radius 1 is 0.789 bits per heavy atom. The van der Waals surface area contributed by atoms with E-state index in [1.54, 1.807) is 12.1 Å². The zero-order chi connectivity index (χ0) is 27.3. The second kappa shape index (κ2) is 11.8. The Morgan fingerprint density at radius 2 is 1.39 bits per heavy atom. The molecule has 4 heteroatoms. The van der Waals surface area contributed by atoms with E-state index in [9.17, 15) is 4.79 Å². The van der Waals surface area contributed by atoms with Gasteiger partial charge in [-0.15, -0.1) is 0 Å². The molecule has 202 valence electrons. The van der Waals surface area contributed by atoms with Crippen LogP contribution in [-0.4, -0.2) is 25.2 Å². The standard InChI is InChI=1S/C34H43NO3/c1-24(2)35-20-7-8-21-37-38-32(36)26-14-12-25(13-15-26)27-10-9-11-28(22-27)29-16-17-30-31(23-29)34(5,6)19-18-33(30,3)4/h9-17,22-24,35H,7-8,18-21H2,1-6H3. The van der Waals surface area contributed by atoms with Crippen molar-refractivity contribution in [2.75, 3.05) is 13.2 Å². The molecule has 0 aliphatic heterocycles. The lowest BCUT2D eigenvalue weighted by Crippen LogP contribution is -2.33. The highest BCUT2D eigenvalue weighted by molar-refractivity contribution is 5.89. The van der Waals surface area contributed by atoms with E-state index in [0.29, 0.717) is 18.2 Å². The Bertz CT molecular complexity index is 1240. The van der Waals surface area contributed by atoms with E-state index in [-0.39, 0.29) is 10.8 Å². The van der Waals surface area contributed by atoms with E-state index in [1.165, 1.54) is 35.1 Å². The first kappa shape index (κ1) is 28.1. The Morgan fingerprint density at radius 3 is 2.08 bits per heavy atom. The van der Waals surface area contributed by atoms with Crippen LogP contribution in [0.1, 0.15) is 88.7 Å². The first-order valence-electron chi connectivity index (χ1n) is 14.0. The van der Waals surface area contributed by atoms with Gasteiger partial charge in [0.2, 0.25) is 0 Å². The Balaban J connectivity index is 1.41. The summed E-state index contributed by atoms with van der Waals surface area (Å²) in [4.78, 5) is 22.5. The molecule has 0 fully saturated rings. The molecular formula is C34H43NO3. The molecule has 1 N–H and O–H groups in total. The number of hydrogen-bond donors (Lipinski definition) is 1. The molecule has 3 aromatic rings. The second-order valence-electron chi connectivity index (χ2n) is 12.2. The summed E-state index contributed by atoms with van der Waals surface area (Å²) in [7, 11) is 0. The molecule has 0 heterocycles. The summed E-state index contributed by atoms with van der Waals surface area (Å²) in [6.45, 7) is 15.0. The van der Waals surface area contributed by atoms with E-state index in [2.05, 4.69) is 89.3 Å². The van der Waals surface area contributed by atoms with Crippen molar-refractivity contribution in [2.45, 2.75) is 84.1 Å². The van der Waals surface area contributed by atoms with E-state index >= 15 is 0 Å². The highest BCUT2D eigenvalue weighted by Gasteiger charge is 2.36. The van der Waals surface area contributed by atoms with Gasteiger partial charge >= 0.3 is 5.97 Å². The Labute approximate surface area is 228 Å². The molecule has 4 rings (SSSR count). The summed E-state index contributed by atoms with van der Waals surface area (Å²) in [5.74, 6) is -0.467. The summed E-state index contributed by atoms with van der Waals surface area (Å²) in [6, 6.07) is 23.6. The number of benzene rings is 3. The lowest BCUT2D eigenvalue weighted by Gasteiger charge is -2.42. The van der Waals surface area contributed by atoms with Crippen LogP contribution in [0.4, 0.5) is 0 Å². The minimum Gasteiger partial charge on any atom is -0.315 e. The minimum absolute atomic E-state index is 0.178. The summed E-state index contributed by atoms with van der Waals surface area (Å²) >= 11 is 0. The lowest BCUT2D eigenvalue weighted by molar-refractivity contribution is -0.241. The summed E-state index contributed by atoms with van der Waals surface area (Å²) in [5.41, 5.74) is 8.43. The van der Waals surface area contributed by atoms with E-state index < -0.39 is 5.97 Å². The predicted molar refractivity (Wildman–Crippen MR) is 156 cm³/mol. The molecule has 0 saturated heterocycles. The first-order chi connectivity index (χ1) is 18.1. The Kier molecular flexibility index (Phi) is 8.74. The molecule has 0 saturated carbocycles. The molecule has 3 aromatic carbocycles. The third kappa shape index (κ3) is 6.73. The van der Waals surface area contributed by atoms with Crippen LogP contribution >= 0.6 is 0 Å². The fraction of sp³-hybridized carbons (Fsp3) is 0.441. The van der Waals surface area contributed by atoms with Crippen molar-refractivity contribution in [1.29, 1.82) is 0 Å². The SMILES string of the molecule is CC(C)NCCCCOOC(=O)c1ccc(-c2cccc(-c3ccc4c(c3)C(C)(C)CCC4(C)C)c2)cc1. The van der Waals surface area contributed by atoms with Crippen LogP contribution in [0.25, 0.3) is 22.3 Å². The maximum atomic E-state index is 12.4. The number of unbranched alkanes of at least 4 members (excludes halogenated alkanes) is 1. The van der Waals surface area contributed by atoms with Crippen molar-refractivity contribution in [3.63, 3.8) is 0 Å². The normalized spacial score (nSPS) is 15.8. The predicted octanol–water partition coefficient (Wildman–Crippen LogP) is 8.24. The largest absolute Gasteiger partial charge is 0.373 e. The quantitative estimate of drug-likeness (QED) is 0.168. The van der Waals surface area contributed by atoms with Gasteiger partial charge in [-0.2, -0.15) is 4.89 Å². The fourth-order valence-electron chi connectivity index (χ4n) is 5.27. The molecule has 0 spiro atoms. The zero-order valence-electron chi connectivity index (χ0n) is 23.9. The smallest absolute Gasteiger partial charge is 0.315 e. The van der Waals surface area contributed by atoms with Crippen molar-refractivity contribution in [2.24, 2.45) is 0 Å². The maximum absolute atomic E-state index is 12.4. The Hall–Kier alpha value is -2.95. The van der Waals surface area contributed by atoms with E-state index in [1.807, 2.05) is 12.1 Å². The topological polar surface area (TPSA) is 47.6 Å². The first-order valence-corrected chi connectivity index (χ1v) is 14.0.